The van der Waals surface area contributed by atoms with E-state index in [1.165, 1.54) is 30.4 Å². The summed E-state index contributed by atoms with van der Waals surface area (Å²) in [6.45, 7) is 5.62. The summed E-state index contributed by atoms with van der Waals surface area (Å²) >= 11 is 0. The van der Waals surface area contributed by atoms with Crippen LogP contribution in [0.2, 0.25) is 0 Å². The van der Waals surface area contributed by atoms with Crippen LogP contribution in [-0.2, 0) is 17.6 Å². The average Bonchev–Trinajstić information content (AvgIpc) is 2.60. The van der Waals surface area contributed by atoms with Gasteiger partial charge in [0, 0.05) is 31.9 Å². The number of guanidine groups is 1. The molecule has 1 aromatic rings. The van der Waals surface area contributed by atoms with E-state index in [1.54, 1.807) is 0 Å². The van der Waals surface area contributed by atoms with Gasteiger partial charge >= 0.3 is 0 Å². The summed E-state index contributed by atoms with van der Waals surface area (Å²) in [5.74, 6) is 0.533. The fraction of sp³-hybridized carbons (Fsp3) is 0.611. The molecule has 3 rings (SSSR count). The lowest BCUT2D eigenvalue weighted by atomic mass is 9.90. The van der Waals surface area contributed by atoms with Crippen LogP contribution in [0.3, 0.4) is 0 Å². The zero-order chi connectivity index (χ0) is 15.9. The Morgan fingerprint density at radius 3 is 2.91 bits per heavy atom. The van der Waals surface area contributed by atoms with Crippen LogP contribution in [0.5, 0.6) is 0 Å². The number of aliphatic imine (C=N–C) groups is 1. The van der Waals surface area contributed by atoms with Crippen molar-refractivity contribution < 1.29 is 4.74 Å². The number of nitrogens with zero attached hydrogens (tertiary/aromatic N) is 2. The highest BCUT2D eigenvalue weighted by atomic mass is 16.5. The lowest BCUT2D eigenvalue weighted by Gasteiger charge is -2.26. The Morgan fingerprint density at radius 2 is 2.04 bits per heavy atom. The predicted octanol–water partition coefficient (Wildman–Crippen LogP) is 2.01. The van der Waals surface area contributed by atoms with E-state index in [4.69, 9.17) is 10.5 Å². The molecule has 1 heterocycles. The van der Waals surface area contributed by atoms with Crippen LogP contribution < -0.4 is 11.1 Å². The fourth-order valence-electron chi connectivity index (χ4n) is 3.39. The van der Waals surface area contributed by atoms with Gasteiger partial charge < -0.3 is 15.8 Å². The second kappa shape index (κ2) is 8.31. The Bertz CT molecular complexity index is 538. The second-order valence-corrected chi connectivity index (χ2v) is 6.35. The van der Waals surface area contributed by atoms with Gasteiger partial charge in [-0.3, -0.25) is 9.89 Å². The summed E-state index contributed by atoms with van der Waals surface area (Å²) in [5.41, 5.74) is 10.1. The van der Waals surface area contributed by atoms with Crippen LogP contribution >= 0.6 is 0 Å². The van der Waals surface area contributed by atoms with Crippen LogP contribution in [0, 0.1) is 0 Å². The Morgan fingerprint density at radius 1 is 1.22 bits per heavy atom. The minimum absolute atomic E-state index is 0.533. The maximum absolute atomic E-state index is 6.06. The van der Waals surface area contributed by atoms with Gasteiger partial charge in [0.25, 0.3) is 0 Å². The molecular weight excluding hydrogens is 288 g/mol. The number of morpholine rings is 1. The van der Waals surface area contributed by atoms with Crippen molar-refractivity contribution in [3.63, 3.8) is 0 Å². The molecule has 0 aromatic heterocycles. The Hall–Kier alpha value is -1.59. The Balaban J connectivity index is 1.47. The molecule has 0 amide bonds. The highest BCUT2D eigenvalue weighted by Gasteiger charge is 2.13. The van der Waals surface area contributed by atoms with Gasteiger partial charge in [0.05, 0.1) is 13.2 Å². The topological polar surface area (TPSA) is 62.9 Å². The number of ether oxygens (including phenoxy) is 1. The molecule has 0 saturated carbocycles. The molecule has 1 fully saturated rings. The first-order valence-electron chi connectivity index (χ1n) is 8.81. The number of hydrogen-bond donors (Lipinski definition) is 2. The molecule has 1 aliphatic heterocycles. The second-order valence-electron chi connectivity index (χ2n) is 6.35. The van der Waals surface area contributed by atoms with E-state index in [-0.39, 0.29) is 0 Å². The summed E-state index contributed by atoms with van der Waals surface area (Å²) in [4.78, 5) is 6.90. The van der Waals surface area contributed by atoms with Gasteiger partial charge in [0.15, 0.2) is 5.96 Å². The van der Waals surface area contributed by atoms with E-state index >= 15 is 0 Å². The van der Waals surface area contributed by atoms with Gasteiger partial charge in [-0.05, 0) is 49.3 Å². The van der Waals surface area contributed by atoms with E-state index in [0.29, 0.717) is 5.96 Å². The fourth-order valence-corrected chi connectivity index (χ4v) is 3.39. The first-order valence-corrected chi connectivity index (χ1v) is 8.81. The summed E-state index contributed by atoms with van der Waals surface area (Å²) in [5, 5.41) is 3.30. The molecule has 0 unspecified atom stereocenters. The molecule has 1 saturated heterocycles. The van der Waals surface area contributed by atoms with Gasteiger partial charge in [-0.25, -0.2) is 0 Å². The number of benzene rings is 1. The number of nitrogens with one attached hydrogen (secondary N) is 1. The lowest BCUT2D eigenvalue weighted by molar-refractivity contribution is 0.0377. The zero-order valence-corrected chi connectivity index (χ0v) is 13.9. The van der Waals surface area contributed by atoms with E-state index < -0.39 is 0 Å². The molecule has 0 bridgehead atoms. The molecule has 23 heavy (non-hydrogen) atoms. The van der Waals surface area contributed by atoms with Crippen molar-refractivity contribution in [3.05, 3.63) is 29.3 Å². The number of nitrogens with two attached hydrogens (primary N) is 1. The van der Waals surface area contributed by atoms with Gasteiger partial charge in [0.2, 0.25) is 0 Å². The third kappa shape index (κ3) is 4.69. The van der Waals surface area contributed by atoms with E-state index in [9.17, 15) is 0 Å². The number of hydrogen-bond acceptors (Lipinski definition) is 3. The minimum atomic E-state index is 0.533. The molecule has 2 aliphatic rings. The minimum Gasteiger partial charge on any atom is -0.379 e. The van der Waals surface area contributed by atoms with Crippen molar-refractivity contribution in [1.82, 2.24) is 4.90 Å². The maximum Gasteiger partial charge on any atom is 0.193 e. The molecule has 1 aliphatic carbocycles. The van der Waals surface area contributed by atoms with Crippen molar-refractivity contribution in [3.8, 4) is 0 Å². The van der Waals surface area contributed by atoms with E-state index in [0.717, 1.165) is 57.9 Å². The monoisotopic (exact) mass is 316 g/mol. The third-order valence-electron chi connectivity index (χ3n) is 4.68. The van der Waals surface area contributed by atoms with E-state index in [2.05, 4.69) is 33.4 Å². The standard InChI is InChI=1S/C18H28N4O/c19-18(20-9-4-10-22-11-13-23-14-12-22)21-17-8-3-6-15-5-1-2-7-16(15)17/h3,6,8H,1-2,4-5,7,9-14H2,(H3,19,20,21). The van der Waals surface area contributed by atoms with Gasteiger partial charge in [-0.1, -0.05) is 12.1 Å². The quantitative estimate of drug-likeness (QED) is 0.495. The molecule has 5 nitrogen and oxygen atoms in total. The highest BCUT2D eigenvalue weighted by Crippen LogP contribution is 2.27. The van der Waals surface area contributed by atoms with Crippen molar-refractivity contribution >= 4 is 11.6 Å². The largest absolute Gasteiger partial charge is 0.379 e. The van der Waals surface area contributed by atoms with Crippen molar-refractivity contribution in [2.45, 2.75) is 32.1 Å². The van der Waals surface area contributed by atoms with Crippen LogP contribution in [0.4, 0.5) is 5.69 Å². The van der Waals surface area contributed by atoms with Gasteiger partial charge in [0.1, 0.15) is 0 Å². The number of anilines is 1. The molecule has 0 spiro atoms. The summed E-state index contributed by atoms with van der Waals surface area (Å²) in [6, 6.07) is 6.45. The number of aryl methyl sites for hydroxylation is 1. The molecule has 126 valence electrons. The molecule has 5 heteroatoms. The predicted molar refractivity (Wildman–Crippen MR) is 95.1 cm³/mol. The van der Waals surface area contributed by atoms with Crippen molar-refractivity contribution in [2.24, 2.45) is 10.7 Å². The highest BCUT2D eigenvalue weighted by molar-refractivity contribution is 5.93. The molecular formula is C18H28N4O. The SMILES string of the molecule is NC(=NCCCN1CCOCC1)Nc1cccc2c1CCCC2. The normalized spacial score (nSPS) is 19.4. The van der Waals surface area contributed by atoms with Gasteiger partial charge in [-0.15, -0.1) is 0 Å². The van der Waals surface area contributed by atoms with Crippen molar-refractivity contribution in [2.75, 3.05) is 44.7 Å². The first-order chi connectivity index (χ1) is 11.3. The van der Waals surface area contributed by atoms with Crippen LogP contribution in [-0.4, -0.2) is 50.3 Å². The van der Waals surface area contributed by atoms with Crippen molar-refractivity contribution in [1.29, 1.82) is 0 Å². The number of fused-ring (bicyclic) bond motifs is 1. The summed E-state index contributed by atoms with van der Waals surface area (Å²) in [6.07, 6.45) is 5.92. The smallest absolute Gasteiger partial charge is 0.193 e. The summed E-state index contributed by atoms with van der Waals surface area (Å²) in [7, 11) is 0. The van der Waals surface area contributed by atoms with E-state index in [1.807, 2.05) is 0 Å². The molecule has 0 radical (unpaired) electrons. The third-order valence-corrected chi connectivity index (χ3v) is 4.68. The van der Waals surface area contributed by atoms with Crippen LogP contribution in [0.25, 0.3) is 0 Å². The Labute approximate surface area is 138 Å². The Kier molecular flexibility index (Phi) is 5.88. The zero-order valence-electron chi connectivity index (χ0n) is 13.9. The maximum atomic E-state index is 6.06. The lowest BCUT2D eigenvalue weighted by Crippen LogP contribution is -2.37. The first kappa shape index (κ1) is 16.3. The van der Waals surface area contributed by atoms with Crippen LogP contribution in [0.15, 0.2) is 23.2 Å². The number of rotatable bonds is 5. The molecule has 1 aromatic carbocycles. The molecule has 3 N–H and O–H groups in total. The summed E-state index contributed by atoms with van der Waals surface area (Å²) < 4.78 is 5.36. The molecule has 0 atom stereocenters. The van der Waals surface area contributed by atoms with Gasteiger partial charge in [-0.2, -0.15) is 0 Å². The average molecular weight is 316 g/mol. The van der Waals surface area contributed by atoms with Crippen LogP contribution in [0.1, 0.15) is 30.4 Å².